The molecule has 5 rings (SSSR count). The molecule has 1 aromatic heterocycles. The maximum atomic E-state index is 12.5. The van der Waals surface area contributed by atoms with E-state index in [0.29, 0.717) is 40.7 Å². The Morgan fingerprint density at radius 3 is 2.36 bits per heavy atom. The summed E-state index contributed by atoms with van der Waals surface area (Å²) in [5.74, 6) is 1.07. The predicted molar refractivity (Wildman–Crippen MR) is 149 cm³/mol. The molecular weight excluding hydrogens is 494 g/mol. The van der Waals surface area contributed by atoms with Crippen LogP contribution in [0.4, 0.5) is 5.69 Å². The predicted octanol–water partition coefficient (Wildman–Crippen LogP) is 6.54. The van der Waals surface area contributed by atoms with Crippen LogP contribution in [0.1, 0.15) is 39.7 Å². The fourth-order valence-corrected chi connectivity index (χ4v) is 4.51. The van der Waals surface area contributed by atoms with Crippen LogP contribution in [-0.4, -0.2) is 28.4 Å². The molecule has 0 fully saturated rings. The SMILES string of the molecule is CC(=O)Oc1c(-c2ccc(NC(=O)CC(C)(C)C)cc2)c(-c2ccc3c(c2)OCO3)nn1-c1ccccc1C. The van der Waals surface area contributed by atoms with Crippen LogP contribution < -0.4 is 19.5 Å². The van der Waals surface area contributed by atoms with Crippen molar-refractivity contribution < 1.29 is 23.8 Å². The number of ether oxygens (including phenoxy) is 3. The highest BCUT2D eigenvalue weighted by molar-refractivity contribution is 5.92. The number of rotatable bonds is 6. The van der Waals surface area contributed by atoms with Crippen LogP contribution in [0.2, 0.25) is 0 Å². The van der Waals surface area contributed by atoms with E-state index in [2.05, 4.69) is 5.32 Å². The normalized spacial score (nSPS) is 12.3. The molecule has 0 saturated carbocycles. The summed E-state index contributed by atoms with van der Waals surface area (Å²) < 4.78 is 18.6. The molecule has 1 amide bonds. The van der Waals surface area contributed by atoms with Crippen molar-refractivity contribution in [3.8, 4) is 45.5 Å². The number of fused-ring (bicyclic) bond motifs is 1. The van der Waals surface area contributed by atoms with Crippen LogP contribution in [0.25, 0.3) is 28.1 Å². The first-order valence-electron chi connectivity index (χ1n) is 12.8. The Morgan fingerprint density at radius 2 is 1.67 bits per heavy atom. The van der Waals surface area contributed by atoms with Crippen molar-refractivity contribution in [3.63, 3.8) is 0 Å². The topological polar surface area (TPSA) is 91.7 Å². The van der Waals surface area contributed by atoms with Crippen LogP contribution in [0.3, 0.4) is 0 Å². The number of aryl methyl sites for hydroxylation is 1. The van der Waals surface area contributed by atoms with E-state index in [1.165, 1.54) is 6.92 Å². The van der Waals surface area contributed by atoms with Crippen molar-refractivity contribution in [2.24, 2.45) is 5.41 Å². The van der Waals surface area contributed by atoms with Gasteiger partial charge in [-0.3, -0.25) is 9.59 Å². The molecule has 1 aliphatic rings. The third kappa shape index (κ3) is 5.65. The van der Waals surface area contributed by atoms with Crippen LogP contribution >= 0.6 is 0 Å². The number of para-hydroxylation sites is 1. The minimum absolute atomic E-state index is 0.0516. The molecule has 8 nitrogen and oxygen atoms in total. The molecule has 0 radical (unpaired) electrons. The second-order valence-electron chi connectivity index (χ2n) is 10.8. The summed E-state index contributed by atoms with van der Waals surface area (Å²) in [5.41, 5.74) is 5.11. The lowest BCUT2D eigenvalue weighted by Crippen LogP contribution is -2.19. The number of amides is 1. The van der Waals surface area contributed by atoms with Gasteiger partial charge in [0.15, 0.2) is 11.5 Å². The number of nitrogens with zero attached hydrogens (tertiary/aromatic N) is 2. The van der Waals surface area contributed by atoms with E-state index in [1.807, 2.05) is 94.4 Å². The molecule has 0 saturated heterocycles. The first-order chi connectivity index (χ1) is 18.6. The first-order valence-corrected chi connectivity index (χ1v) is 12.8. The molecular formula is C31H31N3O5. The zero-order valence-corrected chi connectivity index (χ0v) is 22.7. The average molecular weight is 526 g/mol. The molecule has 0 atom stereocenters. The van der Waals surface area contributed by atoms with Gasteiger partial charge < -0.3 is 19.5 Å². The van der Waals surface area contributed by atoms with Gasteiger partial charge in [-0.25, -0.2) is 0 Å². The van der Waals surface area contributed by atoms with Gasteiger partial charge in [0.05, 0.1) is 11.3 Å². The smallest absolute Gasteiger partial charge is 0.309 e. The molecule has 2 heterocycles. The Kier molecular flexibility index (Phi) is 6.87. The zero-order valence-electron chi connectivity index (χ0n) is 22.7. The molecule has 1 N–H and O–H groups in total. The van der Waals surface area contributed by atoms with Gasteiger partial charge in [-0.05, 0) is 59.9 Å². The van der Waals surface area contributed by atoms with Crippen LogP contribution in [0.5, 0.6) is 17.4 Å². The number of anilines is 1. The Hall–Kier alpha value is -4.59. The van der Waals surface area contributed by atoms with Crippen molar-refractivity contribution >= 4 is 17.6 Å². The van der Waals surface area contributed by atoms with Gasteiger partial charge in [-0.15, -0.1) is 0 Å². The van der Waals surface area contributed by atoms with Gasteiger partial charge >= 0.3 is 5.97 Å². The van der Waals surface area contributed by atoms with E-state index in [1.54, 1.807) is 4.68 Å². The number of hydrogen-bond donors (Lipinski definition) is 1. The molecule has 39 heavy (non-hydrogen) atoms. The number of benzene rings is 3. The van der Waals surface area contributed by atoms with Crippen molar-refractivity contribution in [3.05, 3.63) is 72.3 Å². The first kappa shape index (κ1) is 26.0. The number of carbonyl (C=O) groups excluding carboxylic acids is 2. The zero-order chi connectivity index (χ0) is 27.7. The molecule has 0 unspecified atom stereocenters. The van der Waals surface area contributed by atoms with E-state index < -0.39 is 5.97 Å². The summed E-state index contributed by atoms with van der Waals surface area (Å²) in [4.78, 5) is 24.8. The molecule has 200 valence electrons. The minimum atomic E-state index is -0.464. The average Bonchev–Trinajstić information content (AvgIpc) is 3.48. The monoisotopic (exact) mass is 525 g/mol. The number of esters is 1. The molecule has 0 aliphatic carbocycles. The fraction of sp³-hybridized carbons (Fsp3) is 0.258. The summed E-state index contributed by atoms with van der Waals surface area (Å²) in [6.45, 7) is 9.57. The van der Waals surface area contributed by atoms with Gasteiger partial charge in [0.2, 0.25) is 18.6 Å². The van der Waals surface area contributed by atoms with Crippen molar-refractivity contribution in [2.45, 2.75) is 41.0 Å². The molecule has 3 aromatic carbocycles. The maximum Gasteiger partial charge on any atom is 0.309 e. The highest BCUT2D eigenvalue weighted by atomic mass is 16.7. The Labute approximate surface area is 227 Å². The summed E-state index contributed by atoms with van der Waals surface area (Å²) >= 11 is 0. The lowest BCUT2D eigenvalue weighted by molar-refractivity contribution is -0.132. The van der Waals surface area contributed by atoms with E-state index in [-0.39, 0.29) is 18.1 Å². The van der Waals surface area contributed by atoms with Gasteiger partial charge in [0.1, 0.15) is 5.69 Å². The number of carbonyl (C=O) groups is 2. The van der Waals surface area contributed by atoms with Gasteiger partial charge in [-0.1, -0.05) is 51.1 Å². The van der Waals surface area contributed by atoms with E-state index in [0.717, 1.165) is 22.4 Å². The second kappa shape index (κ2) is 10.3. The summed E-state index contributed by atoms with van der Waals surface area (Å²) in [7, 11) is 0. The molecule has 0 bridgehead atoms. The van der Waals surface area contributed by atoms with Crippen LogP contribution in [0.15, 0.2) is 66.7 Å². The highest BCUT2D eigenvalue weighted by Crippen LogP contribution is 2.44. The van der Waals surface area contributed by atoms with Crippen molar-refractivity contribution in [1.82, 2.24) is 9.78 Å². The molecule has 4 aromatic rings. The quantitative estimate of drug-likeness (QED) is 0.287. The van der Waals surface area contributed by atoms with Gasteiger partial charge in [0.25, 0.3) is 0 Å². The minimum Gasteiger partial charge on any atom is -0.454 e. The molecule has 1 aliphatic heterocycles. The Balaban J connectivity index is 1.65. The van der Waals surface area contributed by atoms with E-state index in [9.17, 15) is 9.59 Å². The van der Waals surface area contributed by atoms with Crippen molar-refractivity contribution in [1.29, 1.82) is 0 Å². The number of hydrogen-bond acceptors (Lipinski definition) is 6. The van der Waals surface area contributed by atoms with Crippen LogP contribution in [-0.2, 0) is 9.59 Å². The largest absolute Gasteiger partial charge is 0.454 e. The third-order valence-corrected chi connectivity index (χ3v) is 6.22. The van der Waals surface area contributed by atoms with Gasteiger partial charge in [-0.2, -0.15) is 9.78 Å². The summed E-state index contributed by atoms with van der Waals surface area (Å²) in [5, 5.41) is 7.91. The lowest BCUT2D eigenvalue weighted by atomic mass is 9.92. The Morgan fingerprint density at radius 1 is 0.974 bits per heavy atom. The fourth-order valence-electron chi connectivity index (χ4n) is 4.51. The van der Waals surface area contributed by atoms with E-state index >= 15 is 0 Å². The second-order valence-corrected chi connectivity index (χ2v) is 10.8. The lowest BCUT2D eigenvalue weighted by Gasteiger charge is -2.17. The third-order valence-electron chi connectivity index (χ3n) is 6.22. The number of aromatic nitrogens is 2. The molecule has 8 heteroatoms. The summed E-state index contributed by atoms with van der Waals surface area (Å²) in [6, 6.07) is 20.8. The van der Waals surface area contributed by atoms with E-state index in [4.69, 9.17) is 19.3 Å². The Bertz CT molecular complexity index is 1550. The summed E-state index contributed by atoms with van der Waals surface area (Å²) in [6.07, 6.45) is 0.406. The standard InChI is InChI=1S/C31H31N3O5/c1-19-8-6-7-9-24(19)34-30(39-20(2)35)28(29(33-34)22-12-15-25-26(16-22)38-18-37-25)21-10-13-23(14-11-21)32-27(36)17-31(3,4)5/h6-16H,17-18H2,1-5H3,(H,32,36). The maximum absolute atomic E-state index is 12.5. The van der Waals surface area contributed by atoms with Crippen LogP contribution in [0, 0.1) is 12.3 Å². The highest BCUT2D eigenvalue weighted by Gasteiger charge is 2.26. The van der Waals surface area contributed by atoms with Crippen molar-refractivity contribution in [2.75, 3.05) is 12.1 Å². The number of nitrogens with one attached hydrogen (secondary N) is 1. The van der Waals surface area contributed by atoms with Gasteiger partial charge in [0, 0.05) is 24.6 Å². The molecule has 0 spiro atoms.